The number of benzene rings is 1. The van der Waals surface area contributed by atoms with Gasteiger partial charge in [0, 0.05) is 29.9 Å². The molecule has 0 aliphatic carbocycles. The number of nitrogens with zero attached hydrogens (tertiary/aromatic N) is 2. The fourth-order valence-corrected chi connectivity index (χ4v) is 3.16. The molecule has 0 unspecified atom stereocenters. The molecule has 0 saturated carbocycles. The zero-order valence-electron chi connectivity index (χ0n) is 17.7. The van der Waals surface area contributed by atoms with Gasteiger partial charge in [-0.05, 0) is 52.6 Å². The van der Waals surface area contributed by atoms with Crippen LogP contribution in [0.1, 0.15) is 49.4 Å². The molecule has 0 atom stereocenters. The first-order valence-corrected chi connectivity index (χ1v) is 9.64. The maximum atomic E-state index is 13.1. The molecule has 0 saturated heterocycles. The average molecular weight is 399 g/mol. The van der Waals surface area contributed by atoms with E-state index in [1.165, 1.54) is 0 Å². The Kier molecular flexibility index (Phi) is 7.73. The molecule has 1 amide bonds. The van der Waals surface area contributed by atoms with Crippen molar-refractivity contribution in [2.45, 2.75) is 20.8 Å². The van der Waals surface area contributed by atoms with Crippen LogP contribution in [0.25, 0.3) is 0 Å². The molecule has 7 heteroatoms. The Morgan fingerprint density at radius 2 is 1.69 bits per heavy atom. The van der Waals surface area contributed by atoms with Crippen LogP contribution in [0.4, 0.5) is 0 Å². The molecule has 1 aromatic heterocycles. The van der Waals surface area contributed by atoms with Crippen LogP contribution < -0.4 is 0 Å². The summed E-state index contributed by atoms with van der Waals surface area (Å²) >= 11 is 0. The highest BCUT2D eigenvalue weighted by Crippen LogP contribution is 2.20. The van der Waals surface area contributed by atoms with Crippen molar-refractivity contribution in [2.75, 3.05) is 40.3 Å². The molecule has 2 rings (SSSR count). The van der Waals surface area contributed by atoms with Crippen LogP contribution in [0, 0.1) is 13.8 Å². The van der Waals surface area contributed by atoms with Crippen molar-refractivity contribution in [2.24, 2.45) is 0 Å². The first kappa shape index (κ1) is 22.4. The van der Waals surface area contributed by atoms with E-state index in [-0.39, 0.29) is 30.5 Å². The van der Waals surface area contributed by atoms with Gasteiger partial charge in [-0.2, -0.15) is 0 Å². The summed E-state index contributed by atoms with van der Waals surface area (Å²) in [4.78, 5) is 44.6. The maximum Gasteiger partial charge on any atom is 0.355 e. The highest BCUT2D eigenvalue weighted by molar-refractivity contribution is 6.05. The second-order valence-electron chi connectivity index (χ2n) is 7.16. The van der Waals surface area contributed by atoms with E-state index in [0.29, 0.717) is 35.5 Å². The van der Waals surface area contributed by atoms with Gasteiger partial charge in [-0.3, -0.25) is 9.59 Å². The lowest BCUT2D eigenvalue weighted by molar-refractivity contribution is 0.0519. The van der Waals surface area contributed by atoms with Crippen molar-refractivity contribution in [3.63, 3.8) is 0 Å². The van der Waals surface area contributed by atoms with Crippen molar-refractivity contribution in [1.82, 2.24) is 14.8 Å². The summed E-state index contributed by atoms with van der Waals surface area (Å²) in [6.45, 7) is 6.42. The minimum Gasteiger partial charge on any atom is -0.461 e. The van der Waals surface area contributed by atoms with Crippen LogP contribution in [-0.2, 0) is 4.74 Å². The lowest BCUT2D eigenvalue weighted by Crippen LogP contribution is -2.40. The van der Waals surface area contributed by atoms with E-state index in [2.05, 4.69) is 4.98 Å². The number of Topliss-reactive ketones (excluding diaryl/α,β-unsaturated/α-hetero) is 1. The third-order valence-corrected chi connectivity index (χ3v) is 4.66. The van der Waals surface area contributed by atoms with Crippen LogP contribution >= 0.6 is 0 Å². The normalized spacial score (nSPS) is 10.8. The minimum atomic E-state index is -0.489. The minimum absolute atomic E-state index is 0.0661. The third-order valence-electron chi connectivity index (χ3n) is 4.66. The van der Waals surface area contributed by atoms with Gasteiger partial charge in [0.2, 0.25) is 0 Å². The van der Waals surface area contributed by atoms with Gasteiger partial charge in [-0.15, -0.1) is 0 Å². The molecule has 29 heavy (non-hydrogen) atoms. The lowest BCUT2D eigenvalue weighted by atomic mass is 10.0. The summed E-state index contributed by atoms with van der Waals surface area (Å²) in [6, 6.07) is 8.91. The summed E-state index contributed by atoms with van der Waals surface area (Å²) < 4.78 is 5.05. The molecule has 7 nitrogen and oxygen atoms in total. The second kappa shape index (κ2) is 10.0. The summed E-state index contributed by atoms with van der Waals surface area (Å²) in [6.07, 6.45) is 0. The van der Waals surface area contributed by atoms with Gasteiger partial charge in [0.15, 0.2) is 5.78 Å². The van der Waals surface area contributed by atoms with Crippen molar-refractivity contribution in [3.05, 3.63) is 58.4 Å². The molecule has 0 bridgehead atoms. The SMILES string of the molecule is CCOC(=O)c1[nH]c(C)c(C(=O)CN(CCN(C)C)C(=O)c2ccccc2)c1C. The summed E-state index contributed by atoms with van der Waals surface area (Å²) in [5.41, 5.74) is 2.39. The zero-order chi connectivity index (χ0) is 21.6. The van der Waals surface area contributed by atoms with Gasteiger partial charge >= 0.3 is 5.97 Å². The Morgan fingerprint density at radius 3 is 2.28 bits per heavy atom. The summed E-state index contributed by atoms with van der Waals surface area (Å²) in [7, 11) is 3.83. The molecular weight excluding hydrogens is 370 g/mol. The van der Waals surface area contributed by atoms with Gasteiger partial charge in [0.05, 0.1) is 13.2 Å². The fraction of sp³-hybridized carbons (Fsp3) is 0.409. The molecule has 2 aromatic rings. The Bertz CT molecular complexity index is 872. The molecule has 0 spiro atoms. The number of rotatable bonds is 9. The molecule has 1 N–H and O–H groups in total. The first-order valence-electron chi connectivity index (χ1n) is 9.64. The number of ether oxygens (including phenoxy) is 1. The second-order valence-corrected chi connectivity index (χ2v) is 7.16. The first-order chi connectivity index (χ1) is 13.8. The number of aryl methyl sites for hydroxylation is 1. The highest BCUT2D eigenvalue weighted by atomic mass is 16.5. The standard InChI is InChI=1S/C22H29N3O4/c1-6-29-22(28)20-15(2)19(16(3)23-20)18(26)14-25(13-12-24(4)5)21(27)17-10-8-7-9-11-17/h7-11,23H,6,12-14H2,1-5H3. The largest absolute Gasteiger partial charge is 0.461 e. The molecule has 0 radical (unpaired) electrons. The Labute approximate surface area is 171 Å². The molecule has 0 aliphatic rings. The summed E-state index contributed by atoms with van der Waals surface area (Å²) in [5.74, 6) is -0.899. The number of carbonyl (C=O) groups excluding carboxylic acids is 3. The highest BCUT2D eigenvalue weighted by Gasteiger charge is 2.26. The lowest BCUT2D eigenvalue weighted by Gasteiger charge is -2.24. The Morgan fingerprint density at radius 1 is 1.03 bits per heavy atom. The number of amides is 1. The van der Waals surface area contributed by atoms with Crippen LogP contribution in [0.15, 0.2) is 30.3 Å². The van der Waals surface area contributed by atoms with Crippen molar-refractivity contribution < 1.29 is 19.1 Å². The van der Waals surface area contributed by atoms with E-state index in [4.69, 9.17) is 4.74 Å². The average Bonchev–Trinajstić information content (AvgIpc) is 2.99. The van der Waals surface area contributed by atoms with Crippen molar-refractivity contribution in [1.29, 1.82) is 0 Å². The van der Waals surface area contributed by atoms with Gasteiger partial charge in [0.1, 0.15) is 5.69 Å². The van der Waals surface area contributed by atoms with Crippen LogP contribution in [0.2, 0.25) is 0 Å². The number of esters is 1. The topological polar surface area (TPSA) is 82.7 Å². The van der Waals surface area contributed by atoms with Crippen LogP contribution in [-0.4, -0.2) is 72.8 Å². The van der Waals surface area contributed by atoms with Crippen molar-refractivity contribution in [3.8, 4) is 0 Å². The van der Waals surface area contributed by atoms with Gasteiger partial charge in [0.25, 0.3) is 5.91 Å². The predicted molar refractivity (Wildman–Crippen MR) is 111 cm³/mol. The van der Waals surface area contributed by atoms with E-state index in [0.717, 1.165) is 0 Å². The molecule has 156 valence electrons. The third kappa shape index (κ3) is 5.54. The number of ketones is 1. The quantitative estimate of drug-likeness (QED) is 0.518. The van der Waals surface area contributed by atoms with E-state index in [1.807, 2.05) is 25.1 Å². The molecule has 0 fully saturated rings. The van der Waals surface area contributed by atoms with Crippen molar-refractivity contribution >= 4 is 17.7 Å². The Balaban J connectivity index is 2.28. The smallest absolute Gasteiger partial charge is 0.355 e. The number of aromatic amines is 1. The van der Waals surface area contributed by atoms with E-state index in [1.54, 1.807) is 49.9 Å². The summed E-state index contributed by atoms with van der Waals surface area (Å²) in [5, 5.41) is 0. The van der Waals surface area contributed by atoms with E-state index in [9.17, 15) is 14.4 Å². The zero-order valence-corrected chi connectivity index (χ0v) is 17.7. The van der Waals surface area contributed by atoms with Gasteiger partial charge in [-0.25, -0.2) is 4.79 Å². The van der Waals surface area contributed by atoms with Crippen LogP contribution in [0.5, 0.6) is 0 Å². The number of nitrogens with one attached hydrogen (secondary N) is 1. The molecular formula is C22H29N3O4. The fourth-order valence-electron chi connectivity index (χ4n) is 3.16. The molecule has 0 aliphatic heterocycles. The van der Waals surface area contributed by atoms with Crippen LogP contribution in [0.3, 0.4) is 0 Å². The predicted octanol–water partition coefficient (Wildman–Crippen LogP) is 2.69. The van der Waals surface area contributed by atoms with Gasteiger partial charge in [-0.1, -0.05) is 18.2 Å². The number of H-pyrrole nitrogens is 1. The van der Waals surface area contributed by atoms with E-state index >= 15 is 0 Å². The maximum absolute atomic E-state index is 13.1. The molecule has 1 heterocycles. The number of aromatic nitrogens is 1. The number of carbonyl (C=O) groups is 3. The van der Waals surface area contributed by atoms with E-state index < -0.39 is 5.97 Å². The molecule has 1 aromatic carbocycles. The van der Waals surface area contributed by atoms with Gasteiger partial charge < -0.3 is 19.5 Å². The Hall–Kier alpha value is -2.93. The number of likely N-dealkylation sites (N-methyl/N-ethyl adjacent to an activating group) is 1. The number of hydrogen-bond donors (Lipinski definition) is 1. The monoisotopic (exact) mass is 399 g/mol. The number of hydrogen-bond acceptors (Lipinski definition) is 5.